The van der Waals surface area contributed by atoms with Gasteiger partial charge in [-0.25, -0.2) is 17.9 Å². The van der Waals surface area contributed by atoms with Crippen LogP contribution in [0.2, 0.25) is 0 Å². The van der Waals surface area contributed by atoms with Crippen LogP contribution in [0.1, 0.15) is 50.5 Å². The Balaban J connectivity index is 1.64. The van der Waals surface area contributed by atoms with Crippen molar-refractivity contribution in [1.29, 1.82) is 0 Å². The smallest absolute Gasteiger partial charge is 0.331 e. The van der Waals surface area contributed by atoms with E-state index in [1.54, 1.807) is 12.1 Å². The fourth-order valence-corrected chi connectivity index (χ4v) is 4.74. The van der Waals surface area contributed by atoms with E-state index in [4.69, 9.17) is 0 Å². The molecule has 7 nitrogen and oxygen atoms in total. The van der Waals surface area contributed by atoms with Gasteiger partial charge in [-0.3, -0.25) is 4.79 Å². The van der Waals surface area contributed by atoms with Crippen LogP contribution < -0.4 is 10.0 Å². The summed E-state index contributed by atoms with van der Waals surface area (Å²) in [6.07, 6.45) is 6.57. The molecule has 2 N–H and O–H groups in total. The fourth-order valence-electron chi connectivity index (χ4n) is 3.78. The first-order chi connectivity index (χ1) is 12.9. The first-order valence-corrected chi connectivity index (χ1v) is 11.1. The van der Waals surface area contributed by atoms with Gasteiger partial charge in [0.05, 0.1) is 4.90 Å². The molecule has 148 valence electrons. The second kappa shape index (κ2) is 8.29. The summed E-state index contributed by atoms with van der Waals surface area (Å²) < 4.78 is 27.0. The van der Waals surface area contributed by atoms with Gasteiger partial charge in [-0.2, -0.15) is 0 Å². The standard InChI is InChI=1S/C19H27N3O4S/c1-14-9-11-16(12-10-14)27(25,26)21-19(24)22-13-5-8-17(22)18(23)20-15-6-3-2-4-7-15/h9-12,15,17H,2-8,13H2,1H3,(H,20,23)(H,21,24)/t17-/m0/s1. The van der Waals surface area contributed by atoms with E-state index in [1.165, 1.54) is 23.5 Å². The van der Waals surface area contributed by atoms with Crippen LogP contribution in [-0.4, -0.2) is 43.9 Å². The molecule has 8 heteroatoms. The molecular weight excluding hydrogens is 366 g/mol. The van der Waals surface area contributed by atoms with E-state index in [1.807, 2.05) is 6.92 Å². The summed E-state index contributed by atoms with van der Waals surface area (Å²) in [6, 6.07) is 5.08. The maximum atomic E-state index is 12.6. The third kappa shape index (κ3) is 4.80. The summed E-state index contributed by atoms with van der Waals surface area (Å²) in [5.41, 5.74) is 0.930. The summed E-state index contributed by atoms with van der Waals surface area (Å²) in [5, 5.41) is 3.04. The number of aryl methyl sites for hydroxylation is 1. The molecule has 1 aromatic rings. The van der Waals surface area contributed by atoms with Gasteiger partial charge < -0.3 is 10.2 Å². The third-order valence-electron chi connectivity index (χ3n) is 5.32. The monoisotopic (exact) mass is 393 g/mol. The van der Waals surface area contributed by atoms with Crippen molar-refractivity contribution in [3.05, 3.63) is 29.8 Å². The summed E-state index contributed by atoms with van der Waals surface area (Å²) in [5.74, 6) is -0.178. The minimum absolute atomic E-state index is 0.0313. The van der Waals surface area contributed by atoms with E-state index in [2.05, 4.69) is 10.0 Å². The number of hydrogen-bond acceptors (Lipinski definition) is 4. The number of likely N-dealkylation sites (tertiary alicyclic amines) is 1. The zero-order valence-corrected chi connectivity index (χ0v) is 16.4. The lowest BCUT2D eigenvalue weighted by molar-refractivity contribution is -0.125. The zero-order valence-electron chi connectivity index (χ0n) is 15.6. The minimum atomic E-state index is -3.96. The second-order valence-corrected chi connectivity index (χ2v) is 9.10. The molecule has 1 atom stereocenters. The second-order valence-electron chi connectivity index (χ2n) is 7.42. The Labute approximate surface area is 160 Å². The predicted octanol–water partition coefficient (Wildman–Crippen LogP) is 2.31. The van der Waals surface area contributed by atoms with Crippen molar-refractivity contribution in [2.75, 3.05) is 6.54 Å². The van der Waals surface area contributed by atoms with Crippen LogP contribution in [0.4, 0.5) is 4.79 Å². The number of nitrogens with zero attached hydrogens (tertiary/aromatic N) is 1. The van der Waals surface area contributed by atoms with Crippen LogP contribution in [-0.2, 0) is 14.8 Å². The van der Waals surface area contributed by atoms with Crippen molar-refractivity contribution in [2.45, 2.75) is 68.8 Å². The van der Waals surface area contributed by atoms with Gasteiger partial charge in [0.2, 0.25) is 5.91 Å². The largest absolute Gasteiger partial charge is 0.352 e. The van der Waals surface area contributed by atoms with E-state index in [-0.39, 0.29) is 16.8 Å². The van der Waals surface area contributed by atoms with E-state index < -0.39 is 22.1 Å². The molecule has 0 spiro atoms. The Hall–Kier alpha value is -2.09. The molecule has 0 bridgehead atoms. The number of urea groups is 1. The molecule has 2 fully saturated rings. The predicted molar refractivity (Wildman–Crippen MR) is 102 cm³/mol. The first kappa shape index (κ1) is 19.7. The van der Waals surface area contributed by atoms with Crippen molar-refractivity contribution in [3.8, 4) is 0 Å². The maximum absolute atomic E-state index is 12.6. The van der Waals surface area contributed by atoms with Crippen LogP contribution >= 0.6 is 0 Å². The van der Waals surface area contributed by atoms with Crippen LogP contribution in [0.25, 0.3) is 0 Å². The Morgan fingerprint density at radius 3 is 2.33 bits per heavy atom. The van der Waals surface area contributed by atoms with Gasteiger partial charge in [-0.05, 0) is 44.7 Å². The highest BCUT2D eigenvalue weighted by Crippen LogP contribution is 2.21. The van der Waals surface area contributed by atoms with Crippen molar-refractivity contribution < 1.29 is 18.0 Å². The number of hydrogen-bond donors (Lipinski definition) is 2. The highest BCUT2D eigenvalue weighted by molar-refractivity contribution is 7.90. The minimum Gasteiger partial charge on any atom is -0.352 e. The Morgan fingerprint density at radius 1 is 1.00 bits per heavy atom. The average molecular weight is 394 g/mol. The van der Waals surface area contributed by atoms with Gasteiger partial charge in [-0.1, -0.05) is 37.0 Å². The average Bonchev–Trinajstić information content (AvgIpc) is 3.13. The number of carbonyl (C=O) groups is 2. The lowest BCUT2D eigenvalue weighted by Crippen LogP contribution is -2.52. The highest BCUT2D eigenvalue weighted by atomic mass is 32.2. The summed E-state index contributed by atoms with van der Waals surface area (Å²) in [6.45, 7) is 2.23. The van der Waals surface area contributed by atoms with Gasteiger partial charge in [-0.15, -0.1) is 0 Å². The lowest BCUT2D eigenvalue weighted by atomic mass is 9.95. The molecule has 1 saturated heterocycles. The fraction of sp³-hybridized carbons (Fsp3) is 0.579. The zero-order chi connectivity index (χ0) is 19.4. The number of rotatable bonds is 4. The number of carbonyl (C=O) groups excluding carboxylic acids is 2. The quantitative estimate of drug-likeness (QED) is 0.820. The van der Waals surface area contributed by atoms with E-state index in [0.717, 1.165) is 31.2 Å². The molecule has 3 amide bonds. The van der Waals surface area contributed by atoms with E-state index >= 15 is 0 Å². The Morgan fingerprint density at radius 2 is 1.67 bits per heavy atom. The van der Waals surface area contributed by atoms with Gasteiger partial charge >= 0.3 is 6.03 Å². The summed E-state index contributed by atoms with van der Waals surface area (Å²) in [7, 11) is -3.96. The molecule has 1 aliphatic carbocycles. The molecule has 0 radical (unpaired) electrons. The van der Waals surface area contributed by atoms with E-state index in [9.17, 15) is 18.0 Å². The number of nitrogens with one attached hydrogen (secondary N) is 2. The third-order valence-corrected chi connectivity index (χ3v) is 6.66. The Kier molecular flexibility index (Phi) is 6.04. The van der Waals surface area contributed by atoms with Crippen LogP contribution in [0.5, 0.6) is 0 Å². The first-order valence-electron chi connectivity index (χ1n) is 9.57. The van der Waals surface area contributed by atoms with Crippen LogP contribution in [0.15, 0.2) is 29.2 Å². The van der Waals surface area contributed by atoms with Crippen molar-refractivity contribution >= 4 is 22.0 Å². The molecule has 1 aliphatic heterocycles. The molecule has 3 rings (SSSR count). The van der Waals surface area contributed by atoms with Crippen LogP contribution in [0, 0.1) is 6.92 Å². The number of benzene rings is 1. The van der Waals surface area contributed by atoms with Crippen molar-refractivity contribution in [2.24, 2.45) is 0 Å². The topological polar surface area (TPSA) is 95.6 Å². The maximum Gasteiger partial charge on any atom is 0.331 e. The van der Waals surface area contributed by atoms with Gasteiger partial charge in [0.15, 0.2) is 0 Å². The summed E-state index contributed by atoms with van der Waals surface area (Å²) >= 11 is 0. The lowest BCUT2D eigenvalue weighted by Gasteiger charge is -2.28. The summed E-state index contributed by atoms with van der Waals surface area (Å²) in [4.78, 5) is 26.6. The SMILES string of the molecule is Cc1ccc(S(=O)(=O)NC(=O)N2CCC[C@H]2C(=O)NC2CCCCC2)cc1. The molecule has 27 heavy (non-hydrogen) atoms. The highest BCUT2D eigenvalue weighted by Gasteiger charge is 2.36. The van der Waals surface area contributed by atoms with Crippen molar-refractivity contribution in [3.63, 3.8) is 0 Å². The Bertz CT molecular complexity index is 786. The molecule has 1 heterocycles. The molecular formula is C19H27N3O4S. The van der Waals surface area contributed by atoms with Gasteiger partial charge in [0, 0.05) is 12.6 Å². The molecule has 1 saturated carbocycles. The van der Waals surface area contributed by atoms with Gasteiger partial charge in [0.1, 0.15) is 6.04 Å². The van der Waals surface area contributed by atoms with Crippen LogP contribution in [0.3, 0.4) is 0 Å². The van der Waals surface area contributed by atoms with Crippen molar-refractivity contribution in [1.82, 2.24) is 14.9 Å². The molecule has 0 aromatic heterocycles. The molecule has 1 aromatic carbocycles. The normalized spacial score (nSPS) is 21.1. The van der Waals surface area contributed by atoms with E-state index in [0.29, 0.717) is 19.4 Å². The number of amides is 3. The molecule has 2 aliphatic rings. The molecule has 0 unspecified atom stereocenters. The number of sulfonamides is 1. The van der Waals surface area contributed by atoms with Gasteiger partial charge in [0.25, 0.3) is 10.0 Å².